The number of carbonyl (C=O) groups is 3. The number of carboxylic acids is 1. The molecule has 0 spiro atoms. The Bertz CT molecular complexity index is 926. The summed E-state index contributed by atoms with van der Waals surface area (Å²) in [5, 5.41) is 11.6. The Morgan fingerprint density at radius 2 is 1.55 bits per heavy atom. The SMILES string of the molecule is CC(C)CN(CC(=O)O)C(=O)[C@H](C)NC(=O)OCC1c2ccccc2-c2ccccc21. The number of benzene rings is 2. The van der Waals surface area contributed by atoms with E-state index in [1.165, 1.54) is 11.8 Å². The summed E-state index contributed by atoms with van der Waals surface area (Å²) in [6.07, 6.45) is -0.706. The number of hydrogen-bond acceptors (Lipinski definition) is 4. The van der Waals surface area contributed by atoms with Crippen LogP contribution in [0.2, 0.25) is 0 Å². The largest absolute Gasteiger partial charge is 0.480 e. The molecule has 1 atom stereocenters. The maximum Gasteiger partial charge on any atom is 0.407 e. The van der Waals surface area contributed by atoms with Gasteiger partial charge in [0.1, 0.15) is 19.2 Å². The smallest absolute Gasteiger partial charge is 0.407 e. The van der Waals surface area contributed by atoms with E-state index in [-0.39, 0.29) is 18.4 Å². The molecule has 0 bridgehead atoms. The van der Waals surface area contributed by atoms with Crippen molar-refractivity contribution in [3.8, 4) is 11.1 Å². The Balaban J connectivity index is 1.62. The minimum atomic E-state index is -1.10. The minimum Gasteiger partial charge on any atom is -0.480 e. The number of amides is 2. The van der Waals surface area contributed by atoms with Crippen molar-refractivity contribution in [2.45, 2.75) is 32.7 Å². The Hall–Kier alpha value is -3.35. The summed E-state index contributed by atoms with van der Waals surface area (Å²) in [5.74, 6) is -1.52. The molecule has 3 rings (SSSR count). The van der Waals surface area contributed by atoms with E-state index in [1.807, 2.05) is 50.2 Å². The van der Waals surface area contributed by atoms with Crippen molar-refractivity contribution in [3.63, 3.8) is 0 Å². The average molecular weight is 424 g/mol. The lowest BCUT2D eigenvalue weighted by Gasteiger charge is -2.26. The van der Waals surface area contributed by atoms with Gasteiger partial charge in [-0.1, -0.05) is 62.4 Å². The normalized spacial score (nSPS) is 13.3. The maximum atomic E-state index is 12.6. The second kappa shape index (κ2) is 9.64. The van der Waals surface area contributed by atoms with E-state index >= 15 is 0 Å². The molecule has 0 heterocycles. The molecule has 0 saturated heterocycles. The molecule has 164 valence electrons. The first-order valence-corrected chi connectivity index (χ1v) is 10.4. The number of nitrogens with zero attached hydrogens (tertiary/aromatic N) is 1. The molecule has 31 heavy (non-hydrogen) atoms. The van der Waals surface area contributed by atoms with Gasteiger partial charge in [-0.3, -0.25) is 9.59 Å². The summed E-state index contributed by atoms with van der Waals surface area (Å²) < 4.78 is 5.47. The third-order valence-electron chi connectivity index (χ3n) is 5.27. The number of nitrogens with one attached hydrogen (secondary N) is 1. The fourth-order valence-electron chi connectivity index (χ4n) is 3.99. The van der Waals surface area contributed by atoms with Gasteiger partial charge in [0, 0.05) is 12.5 Å². The number of ether oxygens (including phenoxy) is 1. The fraction of sp³-hybridized carbons (Fsp3) is 0.375. The summed E-state index contributed by atoms with van der Waals surface area (Å²) in [6, 6.07) is 15.2. The summed E-state index contributed by atoms with van der Waals surface area (Å²) in [4.78, 5) is 37.3. The van der Waals surface area contributed by atoms with Crippen LogP contribution in [-0.2, 0) is 14.3 Å². The van der Waals surface area contributed by atoms with Gasteiger partial charge in [0.05, 0.1) is 0 Å². The van der Waals surface area contributed by atoms with Crippen LogP contribution < -0.4 is 5.32 Å². The van der Waals surface area contributed by atoms with Gasteiger partial charge in [-0.05, 0) is 35.1 Å². The zero-order valence-corrected chi connectivity index (χ0v) is 18.0. The molecule has 0 fully saturated rings. The van der Waals surface area contributed by atoms with Crippen molar-refractivity contribution in [1.29, 1.82) is 0 Å². The highest BCUT2D eigenvalue weighted by atomic mass is 16.5. The van der Waals surface area contributed by atoms with Crippen LogP contribution >= 0.6 is 0 Å². The van der Waals surface area contributed by atoms with Crippen molar-refractivity contribution in [2.75, 3.05) is 19.7 Å². The topological polar surface area (TPSA) is 95.9 Å². The number of aliphatic carboxylic acids is 1. The van der Waals surface area contributed by atoms with Gasteiger partial charge in [-0.15, -0.1) is 0 Å². The second-order valence-electron chi connectivity index (χ2n) is 8.20. The third-order valence-corrected chi connectivity index (χ3v) is 5.27. The van der Waals surface area contributed by atoms with Gasteiger partial charge in [-0.25, -0.2) is 4.79 Å². The molecular weight excluding hydrogens is 396 g/mol. The molecular formula is C24H28N2O5. The Labute approximate surface area is 182 Å². The number of hydrogen-bond donors (Lipinski definition) is 2. The summed E-state index contributed by atoms with van der Waals surface area (Å²) in [6.45, 7) is 5.34. The standard InChI is InChI=1S/C24H28N2O5/c1-15(2)12-26(13-22(27)28)23(29)16(3)25-24(30)31-14-21-19-10-6-4-8-17(19)18-9-5-7-11-20(18)21/h4-11,15-16,21H,12-14H2,1-3H3,(H,25,30)(H,27,28)/t16-/m0/s1. The molecule has 2 N–H and O–H groups in total. The molecule has 7 nitrogen and oxygen atoms in total. The van der Waals surface area contributed by atoms with E-state index in [0.29, 0.717) is 6.54 Å². The predicted octanol–water partition coefficient (Wildman–Crippen LogP) is 3.48. The molecule has 0 aromatic heterocycles. The molecule has 0 radical (unpaired) electrons. The lowest BCUT2D eigenvalue weighted by molar-refractivity contribution is -0.145. The van der Waals surface area contributed by atoms with Crippen LogP contribution in [0.1, 0.15) is 37.8 Å². The number of rotatable bonds is 8. The lowest BCUT2D eigenvalue weighted by atomic mass is 9.98. The number of fused-ring (bicyclic) bond motifs is 3. The number of alkyl carbamates (subject to hydrolysis) is 1. The van der Waals surface area contributed by atoms with E-state index < -0.39 is 30.6 Å². The second-order valence-corrected chi connectivity index (χ2v) is 8.20. The molecule has 2 amide bonds. The maximum absolute atomic E-state index is 12.6. The Morgan fingerprint density at radius 1 is 1.00 bits per heavy atom. The summed E-state index contributed by atoms with van der Waals surface area (Å²) >= 11 is 0. The first-order valence-electron chi connectivity index (χ1n) is 10.4. The molecule has 0 aliphatic heterocycles. The lowest BCUT2D eigenvalue weighted by Crippen LogP contribution is -2.49. The van der Waals surface area contributed by atoms with E-state index in [0.717, 1.165) is 22.3 Å². The number of carbonyl (C=O) groups excluding carboxylic acids is 2. The van der Waals surface area contributed by atoms with Crippen molar-refractivity contribution in [3.05, 3.63) is 59.7 Å². The summed E-state index contributed by atoms with van der Waals surface area (Å²) in [7, 11) is 0. The van der Waals surface area contributed by atoms with E-state index in [4.69, 9.17) is 9.84 Å². The van der Waals surface area contributed by atoms with Crippen LogP contribution in [0.15, 0.2) is 48.5 Å². The zero-order valence-electron chi connectivity index (χ0n) is 18.0. The quantitative estimate of drug-likeness (QED) is 0.676. The molecule has 0 saturated carbocycles. The molecule has 2 aromatic carbocycles. The average Bonchev–Trinajstić information content (AvgIpc) is 3.04. The number of carboxylic acid groups (broad SMARTS) is 1. The van der Waals surface area contributed by atoms with Crippen LogP contribution in [0, 0.1) is 5.92 Å². The van der Waals surface area contributed by atoms with Crippen molar-refractivity contribution in [1.82, 2.24) is 10.2 Å². The highest BCUT2D eigenvalue weighted by Crippen LogP contribution is 2.44. The van der Waals surface area contributed by atoms with Crippen LogP contribution in [0.4, 0.5) is 4.79 Å². The molecule has 2 aromatic rings. The predicted molar refractivity (Wildman–Crippen MR) is 117 cm³/mol. The summed E-state index contributed by atoms with van der Waals surface area (Å²) in [5.41, 5.74) is 4.47. The molecule has 0 unspecified atom stereocenters. The zero-order chi connectivity index (χ0) is 22.5. The van der Waals surface area contributed by atoms with Crippen molar-refractivity contribution >= 4 is 18.0 Å². The van der Waals surface area contributed by atoms with Crippen LogP contribution in [-0.4, -0.2) is 53.7 Å². The van der Waals surface area contributed by atoms with Crippen LogP contribution in [0.5, 0.6) is 0 Å². The van der Waals surface area contributed by atoms with Crippen molar-refractivity contribution < 1.29 is 24.2 Å². The van der Waals surface area contributed by atoms with E-state index in [2.05, 4.69) is 17.4 Å². The first kappa shape index (κ1) is 22.3. The van der Waals surface area contributed by atoms with E-state index in [1.54, 1.807) is 0 Å². The van der Waals surface area contributed by atoms with Gasteiger partial charge in [0.2, 0.25) is 5.91 Å². The molecule has 7 heteroatoms. The highest BCUT2D eigenvalue weighted by molar-refractivity contribution is 5.88. The fourth-order valence-corrected chi connectivity index (χ4v) is 3.99. The minimum absolute atomic E-state index is 0.0754. The Kier molecular flexibility index (Phi) is 6.95. The third kappa shape index (κ3) is 5.23. The first-order chi connectivity index (χ1) is 14.8. The molecule has 1 aliphatic carbocycles. The van der Waals surface area contributed by atoms with Crippen molar-refractivity contribution in [2.24, 2.45) is 5.92 Å². The van der Waals surface area contributed by atoms with Gasteiger partial charge >= 0.3 is 12.1 Å². The van der Waals surface area contributed by atoms with Gasteiger partial charge < -0.3 is 20.1 Å². The highest BCUT2D eigenvalue weighted by Gasteiger charge is 2.30. The van der Waals surface area contributed by atoms with E-state index in [9.17, 15) is 14.4 Å². The molecule has 1 aliphatic rings. The van der Waals surface area contributed by atoms with Crippen LogP contribution in [0.25, 0.3) is 11.1 Å². The van der Waals surface area contributed by atoms with Crippen LogP contribution in [0.3, 0.4) is 0 Å². The monoisotopic (exact) mass is 424 g/mol. The van der Waals surface area contributed by atoms with Gasteiger partial charge in [0.25, 0.3) is 0 Å². The Morgan fingerprint density at radius 3 is 2.06 bits per heavy atom. The van der Waals surface area contributed by atoms with Gasteiger partial charge in [-0.2, -0.15) is 0 Å². The van der Waals surface area contributed by atoms with Gasteiger partial charge in [0.15, 0.2) is 0 Å².